The molecule has 1 saturated heterocycles. The molecule has 2 fully saturated rings. The zero-order valence-corrected chi connectivity index (χ0v) is 23.3. The van der Waals surface area contributed by atoms with Gasteiger partial charge in [-0.15, -0.1) is 0 Å². The third-order valence-corrected chi connectivity index (χ3v) is 13.3. The predicted molar refractivity (Wildman–Crippen MR) is 144 cm³/mol. The molecule has 0 bridgehead atoms. The van der Waals surface area contributed by atoms with Crippen LogP contribution >= 0.6 is 23.2 Å². The number of rotatable bonds is 5. The minimum atomic E-state index is -1.76. The SMILES string of the molecule is CC(C)(C)[Si](C)(C)O[C@@H]1CC[C@H](N2CCC[C@H](c3cccc(Cl)c3)[C@H]2c2ccc(Cl)cc2)C1. The highest BCUT2D eigenvalue weighted by Gasteiger charge is 2.44. The van der Waals surface area contributed by atoms with Crippen molar-refractivity contribution in [3.05, 3.63) is 69.7 Å². The van der Waals surface area contributed by atoms with Crippen LogP contribution in [-0.2, 0) is 4.43 Å². The Labute approximate surface area is 211 Å². The van der Waals surface area contributed by atoms with E-state index in [0.29, 0.717) is 24.1 Å². The standard InChI is InChI=1S/C28H39Cl2NOSi/c1-28(2,3)33(4,5)32-25-16-15-24(19-25)31-17-7-10-26(21-8-6-9-23(30)18-21)27(31)20-11-13-22(29)14-12-20/h6,8-9,11-14,18,24-27H,7,10,15-17,19H2,1-5H3/t24-,25+,26+,27+/m0/s1. The summed E-state index contributed by atoms with van der Waals surface area (Å²) in [5.41, 5.74) is 2.71. The minimum absolute atomic E-state index is 0.250. The molecule has 0 amide bonds. The molecule has 2 nitrogen and oxygen atoms in total. The van der Waals surface area contributed by atoms with Gasteiger partial charge in [0.05, 0.1) is 0 Å². The molecule has 2 aliphatic rings. The molecule has 0 N–H and O–H groups in total. The zero-order chi connectivity index (χ0) is 23.8. The van der Waals surface area contributed by atoms with Crippen molar-refractivity contribution in [2.75, 3.05) is 6.54 Å². The molecule has 0 unspecified atom stereocenters. The molecule has 1 aliphatic heterocycles. The largest absolute Gasteiger partial charge is 0.414 e. The average molecular weight is 505 g/mol. The Morgan fingerprint density at radius 2 is 1.64 bits per heavy atom. The first-order valence-electron chi connectivity index (χ1n) is 12.5. The molecule has 180 valence electrons. The second kappa shape index (κ2) is 10.0. The van der Waals surface area contributed by atoms with Crippen molar-refractivity contribution < 1.29 is 4.43 Å². The number of likely N-dealkylation sites (tertiary alicyclic amines) is 1. The van der Waals surface area contributed by atoms with Crippen LogP contribution in [0, 0.1) is 0 Å². The Kier molecular flexibility index (Phi) is 7.67. The third kappa shape index (κ3) is 5.70. The van der Waals surface area contributed by atoms with Crippen molar-refractivity contribution in [2.24, 2.45) is 0 Å². The van der Waals surface area contributed by atoms with Gasteiger partial charge in [-0.3, -0.25) is 4.90 Å². The van der Waals surface area contributed by atoms with Crippen molar-refractivity contribution in [3.63, 3.8) is 0 Å². The Morgan fingerprint density at radius 1 is 0.909 bits per heavy atom. The van der Waals surface area contributed by atoms with Gasteiger partial charge in [0.15, 0.2) is 8.32 Å². The van der Waals surface area contributed by atoms with Gasteiger partial charge >= 0.3 is 0 Å². The van der Waals surface area contributed by atoms with E-state index >= 15 is 0 Å². The molecular formula is C28H39Cl2NOSi. The van der Waals surface area contributed by atoms with E-state index in [4.69, 9.17) is 27.6 Å². The van der Waals surface area contributed by atoms with Crippen molar-refractivity contribution in [1.82, 2.24) is 4.90 Å². The smallest absolute Gasteiger partial charge is 0.192 e. The lowest BCUT2D eigenvalue weighted by Gasteiger charge is -2.45. The monoisotopic (exact) mass is 503 g/mol. The number of hydrogen-bond donors (Lipinski definition) is 0. The van der Waals surface area contributed by atoms with E-state index in [-0.39, 0.29) is 5.04 Å². The van der Waals surface area contributed by atoms with Crippen LogP contribution in [-0.4, -0.2) is 31.9 Å². The van der Waals surface area contributed by atoms with E-state index in [0.717, 1.165) is 23.0 Å². The van der Waals surface area contributed by atoms with Gasteiger partial charge in [0.25, 0.3) is 0 Å². The molecule has 1 heterocycles. The van der Waals surface area contributed by atoms with Crippen molar-refractivity contribution >= 4 is 31.5 Å². The highest BCUT2D eigenvalue weighted by molar-refractivity contribution is 6.74. The second-order valence-corrected chi connectivity index (χ2v) is 17.1. The van der Waals surface area contributed by atoms with E-state index in [9.17, 15) is 0 Å². The number of benzene rings is 2. The lowest BCUT2D eigenvalue weighted by molar-refractivity contribution is 0.0711. The van der Waals surface area contributed by atoms with Crippen LogP contribution in [0.4, 0.5) is 0 Å². The summed E-state index contributed by atoms with van der Waals surface area (Å²) in [5, 5.41) is 1.87. The average Bonchev–Trinajstić information content (AvgIpc) is 3.21. The molecule has 33 heavy (non-hydrogen) atoms. The predicted octanol–water partition coefficient (Wildman–Crippen LogP) is 8.86. The van der Waals surface area contributed by atoms with Crippen molar-refractivity contribution in [1.29, 1.82) is 0 Å². The zero-order valence-electron chi connectivity index (χ0n) is 20.8. The van der Waals surface area contributed by atoms with Gasteiger partial charge in [0.1, 0.15) is 0 Å². The normalized spacial score (nSPS) is 27.1. The highest BCUT2D eigenvalue weighted by Crippen LogP contribution is 2.47. The number of halogens is 2. The van der Waals surface area contributed by atoms with Gasteiger partial charge in [0.2, 0.25) is 0 Å². The Balaban J connectivity index is 1.60. The summed E-state index contributed by atoms with van der Waals surface area (Å²) >= 11 is 12.7. The van der Waals surface area contributed by atoms with Crippen molar-refractivity contribution in [2.45, 2.75) is 95.1 Å². The van der Waals surface area contributed by atoms with E-state index in [1.165, 1.54) is 36.8 Å². The molecule has 4 atom stereocenters. The van der Waals surface area contributed by atoms with E-state index < -0.39 is 8.32 Å². The van der Waals surface area contributed by atoms with Crippen LogP contribution in [0.5, 0.6) is 0 Å². The van der Waals surface area contributed by atoms with E-state index in [1.54, 1.807) is 0 Å². The molecular weight excluding hydrogens is 465 g/mol. The van der Waals surface area contributed by atoms with Gasteiger partial charge in [-0.25, -0.2) is 0 Å². The summed E-state index contributed by atoms with van der Waals surface area (Å²) in [6.07, 6.45) is 6.30. The van der Waals surface area contributed by atoms with Gasteiger partial charge in [-0.1, -0.05) is 68.2 Å². The lowest BCUT2D eigenvalue weighted by atomic mass is 9.79. The number of nitrogens with zero attached hydrogens (tertiary/aromatic N) is 1. The van der Waals surface area contributed by atoms with Crippen LogP contribution in [0.15, 0.2) is 48.5 Å². The summed E-state index contributed by atoms with van der Waals surface area (Å²) in [6.45, 7) is 12.9. The minimum Gasteiger partial charge on any atom is -0.414 e. The first-order chi connectivity index (χ1) is 15.5. The van der Waals surface area contributed by atoms with Gasteiger partial charge in [-0.2, -0.15) is 0 Å². The Bertz CT molecular complexity index is 940. The van der Waals surface area contributed by atoms with Crippen LogP contribution in [0.3, 0.4) is 0 Å². The fourth-order valence-corrected chi connectivity index (χ4v) is 7.25. The summed E-state index contributed by atoms with van der Waals surface area (Å²) in [4.78, 5) is 2.79. The molecule has 5 heteroatoms. The molecule has 2 aromatic rings. The molecule has 4 rings (SSSR count). The van der Waals surface area contributed by atoms with Gasteiger partial charge < -0.3 is 4.43 Å². The highest BCUT2D eigenvalue weighted by atomic mass is 35.5. The summed E-state index contributed by atoms with van der Waals surface area (Å²) in [6, 6.07) is 17.9. The Hall–Kier alpha value is -0.843. The number of hydrogen-bond acceptors (Lipinski definition) is 2. The number of piperidine rings is 1. The molecule has 1 aliphatic carbocycles. The van der Waals surface area contributed by atoms with Crippen molar-refractivity contribution in [3.8, 4) is 0 Å². The van der Waals surface area contributed by atoms with E-state index in [2.05, 4.69) is 69.1 Å². The maximum absolute atomic E-state index is 6.85. The molecule has 1 saturated carbocycles. The molecule has 0 radical (unpaired) electrons. The fraction of sp³-hybridized carbons (Fsp3) is 0.571. The lowest BCUT2D eigenvalue weighted by Crippen LogP contribution is -2.45. The summed E-state index contributed by atoms with van der Waals surface area (Å²) < 4.78 is 6.85. The first kappa shape index (κ1) is 25.3. The third-order valence-electron chi connectivity index (χ3n) is 8.25. The maximum Gasteiger partial charge on any atom is 0.192 e. The molecule has 0 spiro atoms. The second-order valence-electron chi connectivity index (χ2n) is 11.5. The quantitative estimate of drug-likeness (QED) is 0.377. The summed E-state index contributed by atoms with van der Waals surface area (Å²) in [5.74, 6) is 0.430. The van der Waals surface area contributed by atoms with Gasteiger partial charge in [0, 0.05) is 34.2 Å². The van der Waals surface area contributed by atoms with Crippen LogP contribution in [0.2, 0.25) is 28.2 Å². The van der Waals surface area contributed by atoms with Crippen LogP contribution < -0.4 is 0 Å². The van der Waals surface area contributed by atoms with E-state index in [1.807, 2.05) is 18.2 Å². The first-order valence-corrected chi connectivity index (χ1v) is 16.2. The molecule has 2 aromatic carbocycles. The maximum atomic E-state index is 6.85. The van der Waals surface area contributed by atoms with Crippen LogP contribution in [0.25, 0.3) is 0 Å². The van der Waals surface area contributed by atoms with Crippen LogP contribution in [0.1, 0.15) is 76.0 Å². The van der Waals surface area contributed by atoms with Gasteiger partial charge in [-0.05, 0) is 92.2 Å². The fourth-order valence-electron chi connectivity index (χ4n) is 5.52. The Morgan fingerprint density at radius 3 is 2.30 bits per heavy atom. The molecule has 0 aromatic heterocycles. The topological polar surface area (TPSA) is 12.5 Å². The summed E-state index contributed by atoms with van der Waals surface area (Å²) in [7, 11) is -1.76.